The zero-order valence-corrected chi connectivity index (χ0v) is 19.6. The lowest BCUT2D eigenvalue weighted by Gasteiger charge is -2.14. The molecule has 0 bridgehead atoms. The summed E-state index contributed by atoms with van der Waals surface area (Å²) in [4.78, 5) is 16.2. The normalized spacial score (nSPS) is 10.4. The van der Waals surface area contributed by atoms with Gasteiger partial charge in [-0.2, -0.15) is 0 Å². The molecule has 1 amide bonds. The standard InChI is InChI=1S/C22H28N4O3.HI/c1-4-13-29-20-8-6-5-7-18(20)15-25-22(23-2)26-16-21(27)24-14-17-9-11-19(28-3)12-10-17;/h4-12H,1,13-16H2,2-3H3,(H,24,27)(H2,23,25,26);1H. The summed E-state index contributed by atoms with van der Waals surface area (Å²) in [6.45, 7) is 5.18. The van der Waals surface area contributed by atoms with Crippen molar-refractivity contribution in [3.63, 3.8) is 0 Å². The third kappa shape index (κ3) is 8.73. The lowest BCUT2D eigenvalue weighted by molar-refractivity contribution is -0.120. The predicted octanol–water partition coefficient (Wildman–Crippen LogP) is 2.86. The van der Waals surface area contributed by atoms with Crippen LogP contribution in [0.3, 0.4) is 0 Å². The molecule has 0 unspecified atom stereocenters. The third-order valence-electron chi connectivity index (χ3n) is 4.06. The molecule has 0 aliphatic heterocycles. The van der Waals surface area contributed by atoms with Crippen LogP contribution >= 0.6 is 24.0 Å². The Morgan fingerprint density at radius 2 is 1.80 bits per heavy atom. The number of hydrogen-bond acceptors (Lipinski definition) is 4. The van der Waals surface area contributed by atoms with Crippen LogP contribution in [-0.2, 0) is 17.9 Å². The van der Waals surface area contributed by atoms with E-state index in [0.29, 0.717) is 25.7 Å². The number of guanidine groups is 1. The Morgan fingerprint density at radius 3 is 2.47 bits per heavy atom. The first-order valence-corrected chi connectivity index (χ1v) is 9.32. The fourth-order valence-electron chi connectivity index (χ4n) is 2.51. The molecule has 2 aromatic carbocycles. The molecular formula is C22H29IN4O3. The summed E-state index contributed by atoms with van der Waals surface area (Å²) >= 11 is 0. The number of rotatable bonds is 10. The Balaban J connectivity index is 0.00000450. The van der Waals surface area contributed by atoms with Crippen molar-refractivity contribution < 1.29 is 14.3 Å². The molecule has 162 valence electrons. The average molecular weight is 524 g/mol. The minimum Gasteiger partial charge on any atom is -0.497 e. The van der Waals surface area contributed by atoms with E-state index in [1.165, 1.54) is 0 Å². The van der Waals surface area contributed by atoms with Crippen LogP contribution in [0.25, 0.3) is 0 Å². The molecule has 0 heterocycles. The van der Waals surface area contributed by atoms with Crippen molar-refractivity contribution in [3.8, 4) is 11.5 Å². The summed E-state index contributed by atoms with van der Waals surface area (Å²) in [7, 11) is 3.28. The summed E-state index contributed by atoms with van der Waals surface area (Å²) in [6, 6.07) is 15.3. The Morgan fingerprint density at radius 1 is 1.07 bits per heavy atom. The number of para-hydroxylation sites is 1. The van der Waals surface area contributed by atoms with Gasteiger partial charge < -0.3 is 25.4 Å². The van der Waals surface area contributed by atoms with Crippen molar-refractivity contribution in [3.05, 3.63) is 72.3 Å². The molecule has 7 nitrogen and oxygen atoms in total. The van der Waals surface area contributed by atoms with E-state index in [1.54, 1.807) is 20.2 Å². The van der Waals surface area contributed by atoms with Crippen molar-refractivity contribution >= 4 is 35.8 Å². The fraction of sp³-hybridized carbons (Fsp3) is 0.273. The summed E-state index contributed by atoms with van der Waals surface area (Å²) in [6.07, 6.45) is 1.70. The minimum absolute atomic E-state index is 0. The van der Waals surface area contributed by atoms with E-state index in [-0.39, 0.29) is 36.4 Å². The van der Waals surface area contributed by atoms with Gasteiger partial charge in [-0.15, -0.1) is 24.0 Å². The van der Waals surface area contributed by atoms with Crippen LogP contribution in [0.5, 0.6) is 11.5 Å². The topological polar surface area (TPSA) is 84.0 Å². The summed E-state index contributed by atoms with van der Waals surface area (Å²) < 4.78 is 10.8. The molecule has 0 aliphatic rings. The van der Waals surface area contributed by atoms with Crippen molar-refractivity contribution in [1.82, 2.24) is 16.0 Å². The first-order chi connectivity index (χ1) is 14.2. The number of carbonyl (C=O) groups is 1. The molecule has 3 N–H and O–H groups in total. The van der Waals surface area contributed by atoms with Gasteiger partial charge in [-0.3, -0.25) is 9.79 Å². The van der Waals surface area contributed by atoms with Gasteiger partial charge in [0, 0.05) is 25.7 Å². The van der Waals surface area contributed by atoms with Crippen molar-refractivity contribution in [2.45, 2.75) is 13.1 Å². The second-order valence-corrected chi connectivity index (χ2v) is 6.11. The maximum Gasteiger partial charge on any atom is 0.239 e. The fourth-order valence-corrected chi connectivity index (χ4v) is 2.51. The van der Waals surface area contributed by atoms with E-state index in [2.05, 4.69) is 27.5 Å². The van der Waals surface area contributed by atoms with Gasteiger partial charge in [0.2, 0.25) is 5.91 Å². The Hall–Kier alpha value is -2.75. The second-order valence-electron chi connectivity index (χ2n) is 6.11. The largest absolute Gasteiger partial charge is 0.497 e. The van der Waals surface area contributed by atoms with Crippen LogP contribution in [0, 0.1) is 0 Å². The van der Waals surface area contributed by atoms with E-state index in [1.807, 2.05) is 48.5 Å². The molecule has 8 heteroatoms. The highest BCUT2D eigenvalue weighted by molar-refractivity contribution is 14.0. The van der Waals surface area contributed by atoms with Gasteiger partial charge in [-0.1, -0.05) is 43.0 Å². The van der Waals surface area contributed by atoms with E-state index in [4.69, 9.17) is 9.47 Å². The lowest BCUT2D eigenvalue weighted by Crippen LogP contribution is -2.42. The van der Waals surface area contributed by atoms with Crippen LogP contribution in [0.1, 0.15) is 11.1 Å². The number of nitrogens with one attached hydrogen (secondary N) is 3. The van der Waals surface area contributed by atoms with Gasteiger partial charge in [0.05, 0.1) is 13.7 Å². The van der Waals surface area contributed by atoms with Gasteiger partial charge in [0.15, 0.2) is 5.96 Å². The molecule has 2 aromatic rings. The number of benzene rings is 2. The molecule has 0 aliphatic carbocycles. The highest BCUT2D eigenvalue weighted by Gasteiger charge is 2.06. The van der Waals surface area contributed by atoms with Crippen molar-refractivity contribution in [2.24, 2.45) is 4.99 Å². The monoisotopic (exact) mass is 524 g/mol. The summed E-state index contributed by atoms with van der Waals surface area (Å²) in [5, 5.41) is 9.06. The first-order valence-electron chi connectivity index (χ1n) is 9.32. The molecule has 0 saturated carbocycles. The van der Waals surface area contributed by atoms with Crippen LogP contribution in [0.15, 0.2) is 66.2 Å². The van der Waals surface area contributed by atoms with E-state index < -0.39 is 0 Å². The quantitative estimate of drug-likeness (QED) is 0.193. The lowest BCUT2D eigenvalue weighted by atomic mass is 10.2. The number of carbonyl (C=O) groups excluding carboxylic acids is 1. The molecule has 0 saturated heterocycles. The van der Waals surface area contributed by atoms with Crippen molar-refractivity contribution in [1.29, 1.82) is 0 Å². The number of nitrogens with zero attached hydrogens (tertiary/aromatic N) is 1. The minimum atomic E-state index is -0.126. The van der Waals surface area contributed by atoms with Gasteiger partial charge >= 0.3 is 0 Å². The summed E-state index contributed by atoms with van der Waals surface area (Å²) in [5.74, 6) is 1.97. The Kier molecular flexibility index (Phi) is 12.0. The third-order valence-corrected chi connectivity index (χ3v) is 4.06. The molecule has 0 fully saturated rings. The van der Waals surface area contributed by atoms with Gasteiger partial charge in [0.1, 0.15) is 18.1 Å². The van der Waals surface area contributed by atoms with E-state index in [0.717, 1.165) is 22.6 Å². The number of aliphatic imine (C=N–C) groups is 1. The van der Waals surface area contributed by atoms with Gasteiger partial charge in [-0.25, -0.2) is 0 Å². The van der Waals surface area contributed by atoms with E-state index >= 15 is 0 Å². The number of halogens is 1. The molecule has 2 rings (SSSR count). The second kappa shape index (κ2) is 14.3. The highest BCUT2D eigenvalue weighted by Crippen LogP contribution is 2.17. The highest BCUT2D eigenvalue weighted by atomic mass is 127. The first kappa shape index (κ1) is 25.3. The molecule has 0 atom stereocenters. The number of ether oxygens (including phenoxy) is 2. The smallest absolute Gasteiger partial charge is 0.239 e. The van der Waals surface area contributed by atoms with Crippen molar-refractivity contribution in [2.75, 3.05) is 27.3 Å². The number of amides is 1. The SMILES string of the molecule is C=CCOc1ccccc1CNC(=NC)NCC(=O)NCc1ccc(OC)cc1.I. The maximum absolute atomic E-state index is 12.1. The zero-order chi connectivity index (χ0) is 20.9. The van der Waals surface area contributed by atoms with Crippen LogP contribution in [0.2, 0.25) is 0 Å². The Bertz CT molecular complexity index is 825. The van der Waals surface area contributed by atoms with Gasteiger partial charge in [0.25, 0.3) is 0 Å². The van der Waals surface area contributed by atoms with Gasteiger partial charge in [-0.05, 0) is 23.8 Å². The summed E-state index contributed by atoms with van der Waals surface area (Å²) in [5.41, 5.74) is 1.99. The molecule has 0 spiro atoms. The molecular weight excluding hydrogens is 495 g/mol. The van der Waals surface area contributed by atoms with Crippen LogP contribution in [0.4, 0.5) is 0 Å². The zero-order valence-electron chi connectivity index (χ0n) is 17.3. The molecule has 0 radical (unpaired) electrons. The molecule has 30 heavy (non-hydrogen) atoms. The Labute approximate surface area is 195 Å². The van der Waals surface area contributed by atoms with E-state index in [9.17, 15) is 4.79 Å². The van der Waals surface area contributed by atoms with Crippen LogP contribution < -0.4 is 25.4 Å². The average Bonchev–Trinajstić information content (AvgIpc) is 2.77. The number of hydrogen-bond donors (Lipinski definition) is 3. The molecule has 0 aromatic heterocycles. The number of methoxy groups -OCH3 is 1. The predicted molar refractivity (Wildman–Crippen MR) is 131 cm³/mol. The maximum atomic E-state index is 12.1. The van der Waals surface area contributed by atoms with Crippen LogP contribution in [-0.4, -0.2) is 39.2 Å².